The Morgan fingerprint density at radius 3 is 1.03 bits per heavy atom. The first-order valence-electron chi connectivity index (χ1n) is 43.0. The number of hydrogen-bond donors (Lipinski definition) is 2. The van der Waals surface area contributed by atoms with Crippen molar-refractivity contribution in [2.75, 3.05) is 66.7 Å². The Kier molecular flexibility index (Phi) is 72.3. The molecule has 0 amide bonds. The minimum absolute atomic E-state index is 0. The van der Waals surface area contributed by atoms with Crippen LogP contribution in [-0.4, -0.2) is 161 Å². The van der Waals surface area contributed by atoms with Crippen molar-refractivity contribution in [3.63, 3.8) is 0 Å². The van der Waals surface area contributed by atoms with E-state index in [1.54, 1.807) is 0 Å². The van der Waals surface area contributed by atoms with E-state index in [9.17, 15) is 5.11 Å². The fraction of sp³-hybridized carbons (Fsp3) is 0.956. The van der Waals surface area contributed by atoms with Crippen LogP contribution >= 0.6 is 0 Å². The van der Waals surface area contributed by atoms with E-state index in [1.165, 1.54) is 141 Å². The number of ether oxygens (including phenoxy) is 8. The van der Waals surface area contributed by atoms with Crippen LogP contribution in [0.2, 0.25) is 0 Å². The van der Waals surface area contributed by atoms with Gasteiger partial charge in [-0.15, -0.1) is 0 Å². The van der Waals surface area contributed by atoms with Gasteiger partial charge in [0.2, 0.25) is 0 Å². The number of allylic oxidation sites excluding steroid dienone is 1. The summed E-state index contributed by atoms with van der Waals surface area (Å²) in [6.45, 7) is 73.4. The molecule has 8 atom stereocenters. The Bertz CT molecular complexity index is 1760. The lowest BCUT2D eigenvalue weighted by Gasteiger charge is -2.30. The summed E-state index contributed by atoms with van der Waals surface area (Å²) in [5.41, 5.74) is 7.51. The third kappa shape index (κ3) is 77.4. The van der Waals surface area contributed by atoms with Crippen LogP contribution < -0.4 is 5.73 Å². The quantitative estimate of drug-likeness (QED) is 0.0569. The van der Waals surface area contributed by atoms with Crippen LogP contribution in [0.15, 0.2) is 24.4 Å². The number of aliphatic hydroxyl groups is 1. The molecule has 1 saturated heterocycles. The molecule has 0 aromatic heterocycles. The van der Waals surface area contributed by atoms with E-state index in [0.29, 0.717) is 97.4 Å². The van der Waals surface area contributed by atoms with Crippen molar-refractivity contribution in [2.45, 2.75) is 447 Å². The fourth-order valence-electron chi connectivity index (χ4n) is 14.1. The number of hydrogen-bond acceptors (Lipinski definition) is 12. The molecule has 12 heteroatoms. The Labute approximate surface area is 646 Å². The first-order chi connectivity index (χ1) is 47.8. The molecule has 0 spiro atoms. The highest BCUT2D eigenvalue weighted by molar-refractivity contribution is 4.98. The molecule has 0 unspecified atom stereocenters. The molecule has 4 aliphatic carbocycles. The van der Waals surface area contributed by atoms with Gasteiger partial charge in [-0.25, -0.2) is 0 Å². The summed E-state index contributed by atoms with van der Waals surface area (Å²) < 4.78 is 46.4. The van der Waals surface area contributed by atoms with Gasteiger partial charge in [-0.2, -0.15) is 0 Å². The lowest BCUT2D eigenvalue weighted by atomic mass is 9.89. The van der Waals surface area contributed by atoms with Gasteiger partial charge in [0.1, 0.15) is 0 Å². The highest BCUT2D eigenvalue weighted by atomic mass is 16.5. The van der Waals surface area contributed by atoms with Gasteiger partial charge < -0.3 is 58.5 Å². The van der Waals surface area contributed by atoms with E-state index in [0.717, 1.165) is 132 Å². The molecule has 1 heterocycles. The molecule has 5 rings (SSSR count). The van der Waals surface area contributed by atoms with Gasteiger partial charge in [0.25, 0.3) is 0 Å². The molecule has 0 aromatic carbocycles. The van der Waals surface area contributed by atoms with Crippen molar-refractivity contribution in [1.82, 2.24) is 9.80 Å². The standard InChI is InChI=1S/C13H26O.C13H24O.C12H24O2.C12H24O.C11H23NO.C10H23NO.C10H21NO.C9H20O.CH4/c2*1-10(2)9-12(4)14-13-7-5-11(3)6-8-13;1-9(2)8-10(3)14-12-6-4-11(13)5-7-12;1-10(2)9-11(3)13-12-7-5-4-6-8-12;1-10(2)9-11(3)13-8-7-12-5-4-6-12;1-9(2)8-10(3)12-7-6-11(4)5;1-8(2)7-10(4)12-6-5-9(3)11;1-5-6-10-9(4)7-8(2)3;/h10-13H,5-9H2,1-4H3;10,12-13H,3,5-9H2,1-2,4H3;9-13H,4-8H2,1-3H3;10-12H,4-9H2,1-3H3;10-11H,4-9H2,1-3H3;9-10H,6-8H2,1-5H3;8,10H,3,5-7,11H2,1-2,4H3;8-9H,5-7H2,1-4H3;1H4/t11?,12-,13?;12-;10-,11?,12?;2*11-;2*10-;9-;/m11111111./s1. The normalized spacial score (nSPS) is 21.2. The SMILES string of the molecule is C.C=C(N)CCO[C@H](C)CC(C)C.C=C1CCC(O[C@H](C)CC(C)C)CC1.CC(C)C[C@@H](C)OC1CCC(C)CC1.CC(C)C[C@@H](C)OC1CCC(O)CC1.CC(C)C[C@@H](C)OC1CCCCC1.CC(C)C[C@@H](C)OCCN(C)C.CC(C)C[C@@H](C)OCCN1CCC1.CCCO[C@H](C)CC(C)C. The smallest absolute Gasteiger partial charge is 0.0597 e. The van der Waals surface area contributed by atoms with E-state index in [1.807, 2.05) is 0 Å². The van der Waals surface area contributed by atoms with Gasteiger partial charge in [0, 0.05) is 31.8 Å². The second-order valence-corrected chi connectivity index (χ2v) is 36.0. The average molecular weight is 1470 g/mol. The van der Waals surface area contributed by atoms with Crippen LogP contribution in [0, 0.1) is 53.3 Å². The van der Waals surface area contributed by atoms with Crippen LogP contribution in [-0.2, 0) is 37.9 Å². The van der Waals surface area contributed by atoms with Gasteiger partial charge in [0.15, 0.2) is 0 Å². The zero-order chi connectivity index (χ0) is 78.1. The topological polar surface area (TPSA) is 127 Å². The van der Waals surface area contributed by atoms with Gasteiger partial charge in [0.05, 0.1) is 99.2 Å². The number of nitrogens with two attached hydrogens (primary N) is 1. The summed E-state index contributed by atoms with van der Waals surface area (Å²) in [6, 6.07) is 0. The molecule has 12 nitrogen and oxygen atoms in total. The predicted molar refractivity (Wildman–Crippen MR) is 452 cm³/mol. The number of likely N-dealkylation sites (N-methyl/N-ethyl adjacent to an activating group) is 1. The van der Waals surface area contributed by atoms with Crippen LogP contribution in [0.4, 0.5) is 0 Å². The minimum atomic E-state index is -0.0738. The van der Waals surface area contributed by atoms with Crippen molar-refractivity contribution in [2.24, 2.45) is 59.0 Å². The summed E-state index contributed by atoms with van der Waals surface area (Å²) in [7, 11) is 4.13. The zero-order valence-electron chi connectivity index (χ0n) is 73.8. The molecule has 622 valence electrons. The Morgan fingerprint density at radius 2 is 0.718 bits per heavy atom. The van der Waals surface area contributed by atoms with Crippen molar-refractivity contribution in [3.8, 4) is 0 Å². The van der Waals surface area contributed by atoms with Crippen molar-refractivity contribution >= 4 is 0 Å². The second kappa shape index (κ2) is 68.8. The van der Waals surface area contributed by atoms with E-state index in [-0.39, 0.29) is 13.5 Å². The van der Waals surface area contributed by atoms with E-state index in [4.69, 9.17) is 43.6 Å². The number of rotatable bonds is 39. The molecule has 3 N–H and O–H groups in total. The summed E-state index contributed by atoms with van der Waals surface area (Å²) in [6.07, 6.45) is 38.5. The maximum Gasteiger partial charge on any atom is 0.0597 e. The average Bonchev–Trinajstić information content (AvgIpc) is 0.941. The zero-order valence-corrected chi connectivity index (χ0v) is 73.8. The monoisotopic (exact) mass is 1470 g/mol. The molecule has 0 bridgehead atoms. The lowest BCUT2D eigenvalue weighted by Crippen LogP contribution is -2.39. The molecule has 0 aromatic rings. The first kappa shape index (κ1) is 108. The largest absolute Gasteiger partial charge is 0.402 e. The summed E-state index contributed by atoms with van der Waals surface area (Å²) in [4.78, 5) is 4.59. The van der Waals surface area contributed by atoms with Crippen LogP contribution in [0.1, 0.15) is 367 Å². The number of aliphatic hydroxyl groups excluding tert-OH is 1. The maximum atomic E-state index is 9.35. The van der Waals surface area contributed by atoms with E-state index >= 15 is 0 Å². The predicted octanol–water partition coefficient (Wildman–Crippen LogP) is 24.4. The molecule has 103 heavy (non-hydrogen) atoms. The third-order valence-electron chi connectivity index (χ3n) is 19.1. The van der Waals surface area contributed by atoms with Crippen LogP contribution in [0.5, 0.6) is 0 Å². The summed E-state index contributed by atoms with van der Waals surface area (Å²) >= 11 is 0. The van der Waals surface area contributed by atoms with Gasteiger partial charge in [-0.3, -0.25) is 0 Å². The Balaban J connectivity index is -0.000000544. The molecule has 5 fully saturated rings. The lowest BCUT2D eigenvalue weighted by molar-refractivity contribution is -0.0470. The highest BCUT2D eigenvalue weighted by Gasteiger charge is 2.24. The van der Waals surface area contributed by atoms with Crippen molar-refractivity contribution < 1.29 is 43.0 Å². The first-order valence-corrected chi connectivity index (χ1v) is 43.0. The molecule has 5 aliphatic rings. The van der Waals surface area contributed by atoms with Crippen molar-refractivity contribution in [1.29, 1.82) is 0 Å². The third-order valence-corrected chi connectivity index (χ3v) is 19.1. The summed E-state index contributed by atoms with van der Waals surface area (Å²) in [5.74, 6) is 6.83. The van der Waals surface area contributed by atoms with Crippen LogP contribution in [0.3, 0.4) is 0 Å². The molecule has 0 radical (unpaired) electrons. The van der Waals surface area contributed by atoms with Gasteiger partial charge in [-0.05, 0) is 290 Å². The Morgan fingerprint density at radius 1 is 0.417 bits per heavy atom. The molecular weight excluding hydrogens is 1280 g/mol. The maximum absolute atomic E-state index is 9.35. The minimum Gasteiger partial charge on any atom is -0.402 e. The van der Waals surface area contributed by atoms with Gasteiger partial charge >= 0.3 is 0 Å². The molecule has 1 aliphatic heterocycles. The van der Waals surface area contributed by atoms with Gasteiger partial charge in [-0.1, -0.05) is 170 Å². The fourth-order valence-corrected chi connectivity index (χ4v) is 14.1. The number of nitrogens with zero attached hydrogens (tertiary/aromatic N) is 2. The van der Waals surface area contributed by atoms with E-state index < -0.39 is 0 Å². The summed E-state index contributed by atoms with van der Waals surface area (Å²) in [5, 5.41) is 9.35. The second-order valence-electron chi connectivity index (χ2n) is 36.0. The molecule has 4 saturated carbocycles. The highest BCUT2D eigenvalue weighted by Crippen LogP contribution is 2.29. The van der Waals surface area contributed by atoms with Crippen molar-refractivity contribution in [3.05, 3.63) is 24.4 Å². The Hall–Kier alpha value is -1.16. The number of likely N-dealkylation sites (tertiary alicyclic amines) is 1. The van der Waals surface area contributed by atoms with Crippen LogP contribution in [0.25, 0.3) is 0 Å². The molecular formula is C91H189N3O9. The van der Waals surface area contributed by atoms with E-state index in [2.05, 4.69) is 217 Å².